The van der Waals surface area contributed by atoms with Crippen LogP contribution in [0.25, 0.3) is 0 Å². The highest BCUT2D eigenvalue weighted by molar-refractivity contribution is 5.73. The molecule has 208 valence electrons. The van der Waals surface area contributed by atoms with Gasteiger partial charge in [0.2, 0.25) is 0 Å². The number of nitrogens with zero attached hydrogens (tertiary/aromatic N) is 4. The van der Waals surface area contributed by atoms with Crippen LogP contribution in [0.15, 0.2) is 66.7 Å². The maximum Gasteiger partial charge on any atom is 0.321 e. The molecule has 0 saturated carbocycles. The predicted octanol–water partition coefficient (Wildman–Crippen LogP) is 5.50. The minimum absolute atomic E-state index is 0.0867. The van der Waals surface area contributed by atoms with Crippen LogP contribution in [0.1, 0.15) is 68.0 Å². The third-order valence-electron chi connectivity index (χ3n) is 8.86. The molecule has 0 radical (unpaired) electrons. The highest BCUT2D eigenvalue weighted by atomic mass is 16.4. The Morgan fingerprint density at radius 2 is 1.67 bits per heavy atom. The molecule has 2 fully saturated rings. The van der Waals surface area contributed by atoms with E-state index < -0.39 is 12.0 Å². The zero-order valence-corrected chi connectivity index (χ0v) is 23.7. The number of aryl methyl sites for hydroxylation is 1. The van der Waals surface area contributed by atoms with Gasteiger partial charge in [0.1, 0.15) is 6.04 Å². The van der Waals surface area contributed by atoms with Crippen molar-refractivity contribution in [3.05, 3.63) is 89.2 Å². The molecule has 3 heterocycles. The van der Waals surface area contributed by atoms with Crippen molar-refractivity contribution in [2.45, 2.75) is 64.5 Å². The molecule has 1 unspecified atom stereocenters. The van der Waals surface area contributed by atoms with Crippen molar-refractivity contribution in [2.75, 3.05) is 32.7 Å². The zero-order chi connectivity index (χ0) is 27.4. The SMILES string of the molecule is CCn1nc(Cc2ccccc2)cc1C1CCN(C[C@H]2CN([C@@H](C(=O)O)C(C)C)CC2c2ccccc2)CC1. The predicted molar refractivity (Wildman–Crippen MR) is 156 cm³/mol. The van der Waals surface area contributed by atoms with Gasteiger partial charge >= 0.3 is 5.97 Å². The standard InChI is InChI=1S/C33H44N4O2/c1-4-37-31(20-29(34-37)19-25-11-7-5-8-12-25)27-15-17-35(18-16-27)21-28-22-36(32(24(2)3)33(38)39)23-30(28)26-13-9-6-10-14-26/h5-14,20,24,27-28,30,32H,4,15-19,21-23H2,1-3H3,(H,38,39)/t28-,30?,32+/m0/s1. The van der Waals surface area contributed by atoms with Crippen molar-refractivity contribution in [3.63, 3.8) is 0 Å². The van der Waals surface area contributed by atoms with Gasteiger partial charge in [0.05, 0.1) is 5.69 Å². The lowest BCUT2D eigenvalue weighted by Crippen LogP contribution is -2.44. The lowest BCUT2D eigenvalue weighted by Gasteiger charge is -2.35. The van der Waals surface area contributed by atoms with Gasteiger partial charge in [-0.2, -0.15) is 5.10 Å². The Labute approximate surface area is 233 Å². The second kappa shape index (κ2) is 12.5. The number of aromatic nitrogens is 2. The van der Waals surface area contributed by atoms with Crippen LogP contribution < -0.4 is 0 Å². The number of likely N-dealkylation sites (tertiary alicyclic amines) is 2. The van der Waals surface area contributed by atoms with E-state index in [4.69, 9.17) is 5.10 Å². The summed E-state index contributed by atoms with van der Waals surface area (Å²) >= 11 is 0. The van der Waals surface area contributed by atoms with E-state index in [1.165, 1.54) is 16.8 Å². The number of benzene rings is 2. The van der Waals surface area contributed by atoms with Crippen molar-refractivity contribution in [2.24, 2.45) is 11.8 Å². The van der Waals surface area contributed by atoms with E-state index >= 15 is 0 Å². The Bertz CT molecular complexity index is 1200. The van der Waals surface area contributed by atoms with Gasteiger partial charge in [0.25, 0.3) is 0 Å². The Kier molecular flexibility index (Phi) is 8.83. The van der Waals surface area contributed by atoms with Crippen molar-refractivity contribution in [3.8, 4) is 0 Å². The molecule has 2 saturated heterocycles. The molecule has 3 atom stereocenters. The molecule has 0 aliphatic carbocycles. The van der Waals surface area contributed by atoms with Gasteiger partial charge in [-0.15, -0.1) is 0 Å². The van der Waals surface area contributed by atoms with Gasteiger partial charge in [-0.3, -0.25) is 14.4 Å². The summed E-state index contributed by atoms with van der Waals surface area (Å²) in [5.41, 5.74) is 5.19. The minimum Gasteiger partial charge on any atom is -0.480 e. The summed E-state index contributed by atoms with van der Waals surface area (Å²) in [6, 6.07) is 23.3. The molecule has 2 aliphatic heterocycles. The maximum atomic E-state index is 12.1. The summed E-state index contributed by atoms with van der Waals surface area (Å²) in [5.74, 6) is 0.733. The van der Waals surface area contributed by atoms with Crippen LogP contribution >= 0.6 is 0 Å². The molecule has 0 bridgehead atoms. The summed E-state index contributed by atoms with van der Waals surface area (Å²) in [4.78, 5) is 17.0. The number of hydrogen-bond acceptors (Lipinski definition) is 4. The molecule has 1 aromatic heterocycles. The van der Waals surface area contributed by atoms with E-state index in [9.17, 15) is 9.90 Å². The largest absolute Gasteiger partial charge is 0.480 e. The van der Waals surface area contributed by atoms with E-state index in [0.29, 0.717) is 17.8 Å². The average Bonchev–Trinajstić information content (AvgIpc) is 3.54. The summed E-state index contributed by atoms with van der Waals surface area (Å²) in [6.45, 7) is 12.0. The number of hydrogen-bond donors (Lipinski definition) is 1. The monoisotopic (exact) mass is 528 g/mol. The first kappa shape index (κ1) is 27.6. The average molecular weight is 529 g/mol. The van der Waals surface area contributed by atoms with Crippen molar-refractivity contribution in [1.82, 2.24) is 19.6 Å². The normalized spacial score (nSPS) is 21.9. The molecular formula is C33H44N4O2. The molecule has 2 aliphatic rings. The molecular weight excluding hydrogens is 484 g/mol. The van der Waals surface area contributed by atoms with E-state index in [2.05, 4.69) is 88.1 Å². The summed E-state index contributed by atoms with van der Waals surface area (Å²) in [5, 5.41) is 14.9. The summed E-state index contributed by atoms with van der Waals surface area (Å²) < 4.78 is 2.22. The third kappa shape index (κ3) is 6.44. The van der Waals surface area contributed by atoms with E-state index in [-0.39, 0.29) is 5.92 Å². The summed E-state index contributed by atoms with van der Waals surface area (Å²) in [7, 11) is 0. The van der Waals surface area contributed by atoms with Gasteiger partial charge in [-0.05, 0) is 61.9 Å². The number of aliphatic carboxylic acids is 1. The lowest BCUT2D eigenvalue weighted by molar-refractivity contribution is -0.144. The van der Waals surface area contributed by atoms with Gasteiger partial charge in [0, 0.05) is 50.1 Å². The lowest BCUT2D eigenvalue weighted by atomic mass is 9.87. The fourth-order valence-electron chi connectivity index (χ4n) is 6.96. The smallest absolute Gasteiger partial charge is 0.321 e. The molecule has 0 spiro atoms. The number of carboxylic acid groups (broad SMARTS) is 1. The molecule has 1 N–H and O–H groups in total. The van der Waals surface area contributed by atoms with Crippen LogP contribution in [0, 0.1) is 11.8 Å². The summed E-state index contributed by atoms with van der Waals surface area (Å²) in [6.07, 6.45) is 3.17. The second-order valence-electron chi connectivity index (χ2n) is 11.9. The van der Waals surface area contributed by atoms with E-state index in [0.717, 1.165) is 64.2 Å². The Balaban J connectivity index is 1.24. The van der Waals surface area contributed by atoms with Gasteiger partial charge < -0.3 is 10.0 Å². The molecule has 6 heteroatoms. The highest BCUT2D eigenvalue weighted by Gasteiger charge is 2.41. The van der Waals surface area contributed by atoms with E-state index in [1.54, 1.807) is 0 Å². The van der Waals surface area contributed by atoms with Crippen LogP contribution in [-0.4, -0.2) is 69.4 Å². The Morgan fingerprint density at radius 3 is 2.28 bits per heavy atom. The first-order valence-corrected chi connectivity index (χ1v) is 14.8. The molecule has 0 amide bonds. The van der Waals surface area contributed by atoms with Crippen LogP contribution in [0.3, 0.4) is 0 Å². The fraction of sp³-hybridized carbons (Fsp3) is 0.515. The number of rotatable bonds is 10. The van der Waals surface area contributed by atoms with Crippen molar-refractivity contribution < 1.29 is 9.90 Å². The Hall–Kier alpha value is -2.96. The minimum atomic E-state index is -0.697. The molecule has 2 aromatic carbocycles. The van der Waals surface area contributed by atoms with Crippen LogP contribution in [0.5, 0.6) is 0 Å². The first-order valence-electron chi connectivity index (χ1n) is 14.8. The topological polar surface area (TPSA) is 61.6 Å². The zero-order valence-electron chi connectivity index (χ0n) is 23.7. The second-order valence-corrected chi connectivity index (χ2v) is 11.9. The van der Waals surface area contributed by atoms with Crippen LogP contribution in [-0.2, 0) is 17.8 Å². The third-order valence-corrected chi connectivity index (χ3v) is 8.86. The quantitative estimate of drug-likeness (QED) is 0.377. The number of carbonyl (C=O) groups is 1. The van der Waals surface area contributed by atoms with Crippen LogP contribution in [0.2, 0.25) is 0 Å². The van der Waals surface area contributed by atoms with E-state index in [1.807, 2.05) is 13.8 Å². The first-order chi connectivity index (χ1) is 18.9. The maximum absolute atomic E-state index is 12.1. The highest BCUT2D eigenvalue weighted by Crippen LogP contribution is 2.37. The fourth-order valence-corrected chi connectivity index (χ4v) is 6.96. The molecule has 3 aromatic rings. The number of piperidine rings is 1. The van der Waals surface area contributed by atoms with Gasteiger partial charge in [-0.25, -0.2) is 0 Å². The Morgan fingerprint density at radius 1 is 1.00 bits per heavy atom. The number of carboxylic acids is 1. The molecule has 5 rings (SSSR count). The van der Waals surface area contributed by atoms with Crippen molar-refractivity contribution in [1.29, 1.82) is 0 Å². The van der Waals surface area contributed by atoms with Gasteiger partial charge in [-0.1, -0.05) is 74.5 Å². The van der Waals surface area contributed by atoms with Crippen LogP contribution in [0.4, 0.5) is 0 Å². The molecule has 39 heavy (non-hydrogen) atoms. The van der Waals surface area contributed by atoms with Gasteiger partial charge in [0.15, 0.2) is 0 Å². The van der Waals surface area contributed by atoms with Crippen molar-refractivity contribution >= 4 is 5.97 Å². The molecule has 6 nitrogen and oxygen atoms in total.